The fourth-order valence-electron chi connectivity index (χ4n) is 1.91. The maximum atomic E-state index is 11.6. The highest BCUT2D eigenvalue weighted by molar-refractivity contribution is 6.06. The van der Waals surface area contributed by atoms with Crippen molar-refractivity contribution < 1.29 is 4.79 Å². The molecule has 2 heteroatoms. The number of hydrogen-bond acceptors (Lipinski definition) is 2. The Morgan fingerprint density at radius 3 is 2.31 bits per heavy atom. The maximum absolute atomic E-state index is 11.6. The van der Waals surface area contributed by atoms with E-state index in [1.807, 2.05) is 25.1 Å². The molecule has 0 atom stereocenters. The van der Waals surface area contributed by atoms with Gasteiger partial charge in [-0.25, -0.2) is 0 Å². The summed E-state index contributed by atoms with van der Waals surface area (Å²) < 4.78 is 0. The normalized spacial score (nSPS) is 10.8. The zero-order valence-corrected chi connectivity index (χ0v) is 10.1. The molecule has 0 spiro atoms. The van der Waals surface area contributed by atoms with E-state index in [1.165, 1.54) is 11.1 Å². The van der Waals surface area contributed by atoms with Crippen molar-refractivity contribution in [2.75, 3.05) is 0 Å². The topological polar surface area (TPSA) is 30.0 Å². The van der Waals surface area contributed by atoms with Crippen molar-refractivity contribution in [3.05, 3.63) is 40.6 Å². The van der Waals surface area contributed by atoms with Crippen LogP contribution in [0.1, 0.15) is 34.1 Å². The van der Waals surface area contributed by atoms with Crippen LogP contribution in [-0.4, -0.2) is 10.8 Å². The van der Waals surface area contributed by atoms with E-state index in [0.717, 1.165) is 22.2 Å². The fourth-order valence-corrected chi connectivity index (χ4v) is 1.91. The lowest BCUT2D eigenvalue weighted by molar-refractivity contribution is 0.101. The molecule has 0 saturated carbocycles. The second kappa shape index (κ2) is 3.71. The van der Waals surface area contributed by atoms with Crippen molar-refractivity contribution in [2.45, 2.75) is 27.7 Å². The standard InChI is InChI=1S/C14H15NO/c1-8-5-13-12(11(4)16)7-10(3)15-14(13)6-9(8)2/h5-7H,1-4H3. The highest BCUT2D eigenvalue weighted by atomic mass is 16.1. The predicted molar refractivity (Wildman–Crippen MR) is 66.0 cm³/mol. The van der Waals surface area contributed by atoms with Crippen molar-refractivity contribution in [3.63, 3.8) is 0 Å². The molecule has 0 N–H and O–H groups in total. The van der Waals surface area contributed by atoms with Crippen molar-refractivity contribution in [3.8, 4) is 0 Å². The molecule has 2 nitrogen and oxygen atoms in total. The van der Waals surface area contributed by atoms with Gasteiger partial charge in [0.1, 0.15) is 0 Å². The molecule has 0 radical (unpaired) electrons. The molecular weight excluding hydrogens is 198 g/mol. The van der Waals surface area contributed by atoms with Gasteiger partial charge in [0.25, 0.3) is 0 Å². The highest BCUT2D eigenvalue weighted by Gasteiger charge is 2.09. The van der Waals surface area contributed by atoms with E-state index in [9.17, 15) is 4.79 Å². The Kier molecular flexibility index (Phi) is 2.50. The quantitative estimate of drug-likeness (QED) is 0.680. The lowest BCUT2D eigenvalue weighted by atomic mass is 10.00. The highest BCUT2D eigenvalue weighted by Crippen LogP contribution is 2.22. The molecule has 16 heavy (non-hydrogen) atoms. The Morgan fingerprint density at radius 1 is 1.06 bits per heavy atom. The lowest BCUT2D eigenvalue weighted by Crippen LogP contribution is -1.98. The summed E-state index contributed by atoms with van der Waals surface area (Å²) in [6.45, 7) is 7.63. The minimum Gasteiger partial charge on any atom is -0.294 e. The van der Waals surface area contributed by atoms with Crippen LogP contribution in [0, 0.1) is 20.8 Å². The van der Waals surface area contributed by atoms with Gasteiger partial charge in [-0.05, 0) is 57.0 Å². The van der Waals surface area contributed by atoms with Gasteiger partial charge in [-0.2, -0.15) is 0 Å². The summed E-state index contributed by atoms with van der Waals surface area (Å²) in [7, 11) is 0. The van der Waals surface area contributed by atoms with Gasteiger partial charge in [0.2, 0.25) is 0 Å². The van der Waals surface area contributed by atoms with E-state index in [4.69, 9.17) is 0 Å². The molecule has 2 rings (SSSR count). The van der Waals surface area contributed by atoms with Crippen LogP contribution in [-0.2, 0) is 0 Å². The monoisotopic (exact) mass is 213 g/mol. The van der Waals surface area contributed by atoms with Crippen molar-refractivity contribution in [2.24, 2.45) is 0 Å². The molecule has 1 aromatic heterocycles. The molecule has 1 aromatic carbocycles. The molecular formula is C14H15NO. The molecule has 0 saturated heterocycles. The first-order valence-electron chi connectivity index (χ1n) is 5.38. The van der Waals surface area contributed by atoms with Crippen molar-refractivity contribution in [1.29, 1.82) is 0 Å². The molecule has 0 unspecified atom stereocenters. The summed E-state index contributed by atoms with van der Waals surface area (Å²) in [5.41, 5.74) is 4.97. The third-order valence-electron chi connectivity index (χ3n) is 2.93. The Morgan fingerprint density at radius 2 is 1.69 bits per heavy atom. The second-order valence-corrected chi connectivity index (χ2v) is 4.32. The van der Waals surface area contributed by atoms with E-state index in [1.54, 1.807) is 6.92 Å². The van der Waals surface area contributed by atoms with E-state index >= 15 is 0 Å². The summed E-state index contributed by atoms with van der Waals surface area (Å²) in [6.07, 6.45) is 0. The molecule has 2 aromatic rings. The van der Waals surface area contributed by atoms with Gasteiger partial charge >= 0.3 is 0 Å². The zero-order chi connectivity index (χ0) is 11.9. The van der Waals surface area contributed by atoms with Gasteiger partial charge in [-0.1, -0.05) is 0 Å². The average Bonchev–Trinajstić information content (AvgIpc) is 2.19. The van der Waals surface area contributed by atoms with Crippen molar-refractivity contribution >= 4 is 16.7 Å². The number of rotatable bonds is 1. The minimum absolute atomic E-state index is 0.0961. The first kappa shape index (κ1) is 10.8. The summed E-state index contributed by atoms with van der Waals surface area (Å²) in [6, 6.07) is 5.96. The van der Waals surface area contributed by atoms with Crippen LogP contribution in [0.25, 0.3) is 10.9 Å². The molecule has 0 aliphatic heterocycles. The third-order valence-corrected chi connectivity index (χ3v) is 2.93. The average molecular weight is 213 g/mol. The minimum atomic E-state index is 0.0961. The number of benzene rings is 1. The Hall–Kier alpha value is -1.70. The molecule has 0 amide bonds. The summed E-state index contributed by atoms with van der Waals surface area (Å²) in [4.78, 5) is 16.0. The van der Waals surface area contributed by atoms with Gasteiger partial charge in [-0.3, -0.25) is 9.78 Å². The molecule has 82 valence electrons. The number of aryl methyl sites for hydroxylation is 3. The largest absolute Gasteiger partial charge is 0.294 e. The maximum Gasteiger partial charge on any atom is 0.160 e. The number of hydrogen-bond donors (Lipinski definition) is 0. The van der Waals surface area contributed by atoms with Crippen LogP contribution in [0.2, 0.25) is 0 Å². The van der Waals surface area contributed by atoms with E-state index in [-0.39, 0.29) is 5.78 Å². The van der Waals surface area contributed by atoms with Gasteiger partial charge in [0, 0.05) is 16.6 Å². The van der Waals surface area contributed by atoms with E-state index < -0.39 is 0 Å². The molecule has 0 fully saturated rings. The smallest absolute Gasteiger partial charge is 0.160 e. The second-order valence-electron chi connectivity index (χ2n) is 4.32. The Balaban J connectivity index is 2.90. The summed E-state index contributed by atoms with van der Waals surface area (Å²) in [5.74, 6) is 0.0961. The van der Waals surface area contributed by atoms with Crippen molar-refractivity contribution in [1.82, 2.24) is 4.98 Å². The van der Waals surface area contributed by atoms with Crippen LogP contribution < -0.4 is 0 Å². The number of pyridine rings is 1. The van der Waals surface area contributed by atoms with Gasteiger partial charge in [0.05, 0.1) is 5.52 Å². The molecule has 1 heterocycles. The van der Waals surface area contributed by atoms with Crippen LogP contribution in [0.15, 0.2) is 18.2 Å². The molecule has 0 aliphatic rings. The van der Waals surface area contributed by atoms with E-state index in [2.05, 4.69) is 18.8 Å². The van der Waals surface area contributed by atoms with Crippen LogP contribution in [0.4, 0.5) is 0 Å². The third kappa shape index (κ3) is 1.71. The molecule has 0 bridgehead atoms. The SMILES string of the molecule is CC(=O)c1cc(C)nc2cc(C)c(C)cc12. The number of nitrogens with zero attached hydrogens (tertiary/aromatic N) is 1. The zero-order valence-electron chi connectivity index (χ0n) is 10.1. The summed E-state index contributed by atoms with van der Waals surface area (Å²) in [5, 5.41) is 0.959. The van der Waals surface area contributed by atoms with Gasteiger partial charge in [-0.15, -0.1) is 0 Å². The first-order valence-corrected chi connectivity index (χ1v) is 5.38. The van der Waals surface area contributed by atoms with Crippen LogP contribution in [0.5, 0.6) is 0 Å². The van der Waals surface area contributed by atoms with Crippen LogP contribution in [0.3, 0.4) is 0 Å². The lowest BCUT2D eigenvalue weighted by Gasteiger charge is -2.08. The summed E-state index contributed by atoms with van der Waals surface area (Å²) >= 11 is 0. The number of ketones is 1. The number of Topliss-reactive ketones (excluding diaryl/α,β-unsaturated/α-hetero) is 1. The Bertz CT molecular complexity index is 585. The first-order chi connectivity index (χ1) is 7.49. The number of fused-ring (bicyclic) bond motifs is 1. The molecule has 0 aliphatic carbocycles. The number of aromatic nitrogens is 1. The van der Waals surface area contributed by atoms with Crippen LogP contribution >= 0.6 is 0 Å². The predicted octanol–water partition coefficient (Wildman–Crippen LogP) is 3.36. The van der Waals surface area contributed by atoms with Gasteiger partial charge < -0.3 is 0 Å². The van der Waals surface area contributed by atoms with Gasteiger partial charge in [0.15, 0.2) is 5.78 Å². The van der Waals surface area contributed by atoms with E-state index in [0.29, 0.717) is 0 Å². The Labute approximate surface area is 95.3 Å². The number of carbonyl (C=O) groups excluding carboxylic acids is 1. The number of carbonyl (C=O) groups is 1. The fraction of sp³-hybridized carbons (Fsp3) is 0.286.